The molecule has 0 saturated carbocycles. The Morgan fingerprint density at radius 1 is 1.26 bits per heavy atom. The lowest BCUT2D eigenvalue weighted by atomic mass is 9.95. The minimum atomic E-state index is -0.591. The van der Waals surface area contributed by atoms with Crippen LogP contribution >= 0.6 is 0 Å². The smallest absolute Gasteiger partial charge is 0.245 e. The Hall–Kier alpha value is -1.39. The van der Waals surface area contributed by atoms with Gasteiger partial charge in [-0.1, -0.05) is 20.8 Å². The number of hydrogen-bond donors (Lipinski definition) is 1. The number of carbonyl (C=O) groups is 3. The molecule has 0 aromatic carbocycles. The van der Waals surface area contributed by atoms with Crippen molar-refractivity contribution in [2.75, 3.05) is 6.54 Å². The first-order valence-corrected chi connectivity index (χ1v) is 6.76. The normalized spacial score (nSPS) is 21.1. The molecule has 19 heavy (non-hydrogen) atoms. The van der Waals surface area contributed by atoms with Gasteiger partial charge < -0.3 is 10.2 Å². The van der Waals surface area contributed by atoms with Crippen LogP contribution in [-0.4, -0.2) is 41.1 Å². The van der Waals surface area contributed by atoms with Crippen LogP contribution in [0.5, 0.6) is 0 Å². The average Bonchev–Trinajstić information content (AvgIpc) is 2.75. The van der Waals surface area contributed by atoms with E-state index in [0.29, 0.717) is 6.54 Å². The number of ketones is 1. The van der Waals surface area contributed by atoms with Crippen molar-refractivity contribution in [2.24, 2.45) is 5.41 Å². The molecule has 1 aliphatic rings. The summed E-state index contributed by atoms with van der Waals surface area (Å²) in [5.74, 6) is -0.317. The van der Waals surface area contributed by atoms with Gasteiger partial charge in [0.15, 0.2) is 5.78 Å². The Balaban J connectivity index is 2.67. The molecule has 0 unspecified atom stereocenters. The minimum Gasteiger partial charge on any atom is -0.344 e. The average molecular weight is 268 g/mol. The monoisotopic (exact) mass is 268 g/mol. The largest absolute Gasteiger partial charge is 0.344 e. The first kappa shape index (κ1) is 15.7. The van der Waals surface area contributed by atoms with Crippen LogP contribution in [0.1, 0.15) is 47.5 Å². The van der Waals surface area contributed by atoms with Crippen LogP contribution in [0.25, 0.3) is 0 Å². The van der Waals surface area contributed by atoms with E-state index in [1.54, 1.807) is 32.6 Å². The van der Waals surface area contributed by atoms with Crippen molar-refractivity contribution in [3.05, 3.63) is 0 Å². The second-order valence-electron chi connectivity index (χ2n) is 6.25. The standard InChI is InChI=1S/C14H24N2O3/c1-9(15-13(19)14(3,4)5)12(18)16-8-6-7-11(16)10(2)17/h9,11H,6-8H2,1-5H3,(H,15,19)/t9-,11-/m0/s1. The fourth-order valence-electron chi connectivity index (χ4n) is 2.18. The zero-order valence-electron chi connectivity index (χ0n) is 12.4. The van der Waals surface area contributed by atoms with Gasteiger partial charge in [0.2, 0.25) is 11.8 Å². The number of nitrogens with one attached hydrogen (secondary N) is 1. The lowest BCUT2D eigenvalue weighted by molar-refractivity contribution is -0.141. The van der Waals surface area contributed by atoms with E-state index in [1.807, 2.05) is 0 Å². The molecule has 5 nitrogen and oxygen atoms in total. The molecular weight excluding hydrogens is 244 g/mol. The van der Waals surface area contributed by atoms with E-state index in [4.69, 9.17) is 0 Å². The third-order valence-corrected chi connectivity index (χ3v) is 3.40. The van der Waals surface area contributed by atoms with Crippen molar-refractivity contribution >= 4 is 17.6 Å². The number of rotatable bonds is 3. The summed E-state index contributed by atoms with van der Waals surface area (Å²) in [6.07, 6.45) is 1.57. The number of nitrogens with zero attached hydrogens (tertiary/aromatic N) is 1. The Morgan fingerprint density at radius 2 is 1.84 bits per heavy atom. The molecule has 1 heterocycles. The molecule has 1 fully saturated rings. The van der Waals surface area contributed by atoms with Crippen LogP contribution in [0, 0.1) is 5.41 Å². The fourth-order valence-corrected chi connectivity index (χ4v) is 2.18. The predicted molar refractivity (Wildman–Crippen MR) is 72.5 cm³/mol. The second-order valence-corrected chi connectivity index (χ2v) is 6.25. The maximum absolute atomic E-state index is 12.3. The third-order valence-electron chi connectivity index (χ3n) is 3.40. The van der Waals surface area contributed by atoms with Gasteiger partial charge in [-0.2, -0.15) is 0 Å². The van der Waals surface area contributed by atoms with Gasteiger partial charge in [-0.3, -0.25) is 14.4 Å². The predicted octanol–water partition coefficient (Wildman–Crippen LogP) is 1.12. The van der Waals surface area contributed by atoms with Crippen molar-refractivity contribution in [2.45, 2.75) is 59.5 Å². The lowest BCUT2D eigenvalue weighted by Gasteiger charge is -2.28. The number of Topliss-reactive ketones (excluding diaryl/α,β-unsaturated/α-hetero) is 1. The molecular formula is C14H24N2O3. The Labute approximate surface area is 114 Å². The van der Waals surface area contributed by atoms with E-state index in [-0.39, 0.29) is 23.6 Å². The molecule has 0 aromatic rings. The van der Waals surface area contributed by atoms with E-state index in [2.05, 4.69) is 5.32 Å². The number of likely N-dealkylation sites (tertiary alicyclic amines) is 1. The SMILES string of the molecule is CC(=O)[C@@H]1CCCN1C(=O)[C@H](C)NC(=O)C(C)(C)C. The molecule has 0 aromatic heterocycles. The first-order chi connectivity index (χ1) is 8.64. The van der Waals surface area contributed by atoms with Gasteiger partial charge in [-0.15, -0.1) is 0 Å². The number of hydrogen-bond acceptors (Lipinski definition) is 3. The van der Waals surface area contributed by atoms with Crippen molar-refractivity contribution in [1.29, 1.82) is 0 Å². The third kappa shape index (κ3) is 3.78. The quantitative estimate of drug-likeness (QED) is 0.834. The molecule has 1 N–H and O–H groups in total. The highest BCUT2D eigenvalue weighted by Gasteiger charge is 2.35. The van der Waals surface area contributed by atoms with Crippen LogP contribution in [-0.2, 0) is 14.4 Å². The molecule has 1 aliphatic heterocycles. The molecule has 1 rings (SSSR count). The zero-order valence-corrected chi connectivity index (χ0v) is 12.4. The fraction of sp³-hybridized carbons (Fsp3) is 0.786. The molecule has 2 amide bonds. The van der Waals surface area contributed by atoms with Crippen molar-refractivity contribution in [3.8, 4) is 0 Å². The van der Waals surface area contributed by atoms with Gasteiger partial charge in [0.25, 0.3) is 0 Å². The number of carbonyl (C=O) groups excluding carboxylic acids is 3. The highest BCUT2D eigenvalue weighted by molar-refractivity contribution is 5.93. The second kappa shape index (κ2) is 5.72. The van der Waals surface area contributed by atoms with Crippen LogP contribution in [0.3, 0.4) is 0 Å². The Bertz CT molecular complexity index is 385. The summed E-state index contributed by atoms with van der Waals surface area (Å²) in [5, 5.41) is 2.71. The van der Waals surface area contributed by atoms with Gasteiger partial charge >= 0.3 is 0 Å². The molecule has 0 bridgehead atoms. The highest BCUT2D eigenvalue weighted by atomic mass is 16.2. The van der Waals surface area contributed by atoms with Crippen molar-refractivity contribution in [1.82, 2.24) is 10.2 Å². The molecule has 1 saturated heterocycles. The molecule has 0 spiro atoms. The summed E-state index contributed by atoms with van der Waals surface area (Å²) >= 11 is 0. The maximum Gasteiger partial charge on any atom is 0.245 e. The summed E-state index contributed by atoms with van der Waals surface area (Å²) in [6, 6.07) is -0.909. The molecule has 0 aliphatic carbocycles. The van der Waals surface area contributed by atoms with Crippen LogP contribution in [0.15, 0.2) is 0 Å². The molecule has 2 atom stereocenters. The summed E-state index contributed by atoms with van der Waals surface area (Å²) < 4.78 is 0. The molecule has 0 radical (unpaired) electrons. The van der Waals surface area contributed by atoms with Crippen LogP contribution in [0.4, 0.5) is 0 Å². The minimum absolute atomic E-state index is 0.0141. The van der Waals surface area contributed by atoms with E-state index in [0.717, 1.165) is 12.8 Å². The zero-order chi connectivity index (χ0) is 14.8. The van der Waals surface area contributed by atoms with Gasteiger partial charge in [0.1, 0.15) is 6.04 Å². The van der Waals surface area contributed by atoms with E-state index in [9.17, 15) is 14.4 Å². The lowest BCUT2D eigenvalue weighted by Crippen LogP contribution is -2.51. The summed E-state index contributed by atoms with van der Waals surface area (Å²) in [7, 11) is 0. The maximum atomic E-state index is 12.3. The molecule has 5 heteroatoms. The van der Waals surface area contributed by atoms with E-state index < -0.39 is 11.5 Å². The summed E-state index contributed by atoms with van der Waals surface area (Å²) in [4.78, 5) is 37.2. The van der Waals surface area contributed by atoms with Crippen molar-refractivity contribution < 1.29 is 14.4 Å². The van der Waals surface area contributed by atoms with Crippen molar-refractivity contribution in [3.63, 3.8) is 0 Å². The van der Waals surface area contributed by atoms with Gasteiger partial charge in [-0.25, -0.2) is 0 Å². The van der Waals surface area contributed by atoms with Crippen LogP contribution < -0.4 is 5.32 Å². The number of amides is 2. The van der Waals surface area contributed by atoms with Crippen LogP contribution in [0.2, 0.25) is 0 Å². The summed E-state index contributed by atoms with van der Waals surface area (Å²) in [5.41, 5.74) is -0.528. The first-order valence-electron chi connectivity index (χ1n) is 6.76. The topological polar surface area (TPSA) is 66.5 Å². The molecule has 108 valence electrons. The summed E-state index contributed by atoms with van der Waals surface area (Å²) in [6.45, 7) is 9.17. The Morgan fingerprint density at radius 3 is 2.32 bits per heavy atom. The van der Waals surface area contributed by atoms with E-state index >= 15 is 0 Å². The van der Waals surface area contributed by atoms with Gasteiger partial charge in [-0.05, 0) is 26.7 Å². The Kier molecular flexibility index (Phi) is 4.71. The van der Waals surface area contributed by atoms with Gasteiger partial charge in [0.05, 0.1) is 6.04 Å². The van der Waals surface area contributed by atoms with Gasteiger partial charge in [0, 0.05) is 12.0 Å². The highest BCUT2D eigenvalue weighted by Crippen LogP contribution is 2.19. The van der Waals surface area contributed by atoms with E-state index in [1.165, 1.54) is 6.92 Å².